The highest BCUT2D eigenvalue weighted by molar-refractivity contribution is 9.10. The second kappa shape index (κ2) is 6.02. The summed E-state index contributed by atoms with van der Waals surface area (Å²) in [5.74, 6) is 2.12. The molecule has 0 saturated heterocycles. The van der Waals surface area contributed by atoms with Gasteiger partial charge < -0.3 is 10.1 Å². The van der Waals surface area contributed by atoms with Gasteiger partial charge in [0.1, 0.15) is 18.2 Å². The molecule has 0 aliphatic rings. The molecule has 1 heterocycles. The molecule has 0 aliphatic heterocycles. The van der Waals surface area contributed by atoms with E-state index in [2.05, 4.69) is 31.2 Å². The minimum atomic E-state index is 0.494. The Morgan fingerprint density at radius 3 is 2.47 bits per heavy atom. The van der Waals surface area contributed by atoms with Crippen molar-refractivity contribution in [3.05, 3.63) is 45.7 Å². The van der Waals surface area contributed by atoms with Crippen LogP contribution in [0.5, 0.6) is 5.88 Å². The number of hydrogen-bond donors (Lipinski definition) is 1. The Balaban J connectivity index is 2.15. The van der Waals surface area contributed by atoms with Crippen molar-refractivity contribution in [2.24, 2.45) is 0 Å². The smallest absolute Gasteiger partial charge is 0.222 e. The number of anilines is 1. The molecule has 19 heavy (non-hydrogen) atoms. The van der Waals surface area contributed by atoms with E-state index in [1.54, 1.807) is 0 Å². The highest BCUT2D eigenvalue weighted by Crippen LogP contribution is 2.22. The number of aromatic nitrogens is 2. The van der Waals surface area contributed by atoms with Crippen LogP contribution in [0.15, 0.2) is 28.7 Å². The van der Waals surface area contributed by atoms with Crippen molar-refractivity contribution in [2.45, 2.75) is 20.5 Å². The number of nitrogens with zero attached hydrogens (tertiary/aromatic N) is 2. The number of rotatable bonds is 4. The molecule has 0 fully saturated rings. The monoisotopic (exact) mass is 321 g/mol. The molecule has 5 heteroatoms. The molecule has 0 radical (unpaired) electrons. The van der Waals surface area contributed by atoms with Crippen LogP contribution in [0.2, 0.25) is 0 Å². The third kappa shape index (κ3) is 3.44. The maximum atomic E-state index is 5.78. The summed E-state index contributed by atoms with van der Waals surface area (Å²) in [5.41, 5.74) is 2.02. The van der Waals surface area contributed by atoms with E-state index < -0.39 is 0 Å². The summed E-state index contributed by atoms with van der Waals surface area (Å²) < 4.78 is 6.84. The Labute approximate surface area is 121 Å². The van der Waals surface area contributed by atoms with E-state index in [1.165, 1.54) is 0 Å². The third-order valence-corrected chi connectivity index (χ3v) is 3.27. The quantitative estimate of drug-likeness (QED) is 0.936. The molecule has 4 nitrogen and oxygen atoms in total. The first kappa shape index (κ1) is 13.8. The number of ether oxygens (including phenoxy) is 1. The largest absolute Gasteiger partial charge is 0.472 e. The van der Waals surface area contributed by atoms with Crippen molar-refractivity contribution in [3.63, 3.8) is 0 Å². The molecular weight excluding hydrogens is 306 g/mol. The molecule has 0 aliphatic carbocycles. The van der Waals surface area contributed by atoms with Crippen LogP contribution >= 0.6 is 15.9 Å². The Bertz CT molecular complexity index is 570. The number of nitrogens with one attached hydrogen (secondary N) is 1. The summed E-state index contributed by atoms with van der Waals surface area (Å²) in [5, 5.41) is 3.04. The Hall–Kier alpha value is -1.62. The highest BCUT2D eigenvalue weighted by Gasteiger charge is 2.09. The number of halogens is 1. The first-order valence-electron chi connectivity index (χ1n) is 6.00. The molecule has 0 bridgehead atoms. The van der Waals surface area contributed by atoms with Crippen molar-refractivity contribution < 1.29 is 4.74 Å². The average Bonchev–Trinajstić information content (AvgIpc) is 2.41. The molecule has 1 N–H and O–H groups in total. The van der Waals surface area contributed by atoms with Crippen LogP contribution in [0.4, 0.5) is 5.82 Å². The molecule has 2 aromatic rings. The summed E-state index contributed by atoms with van der Waals surface area (Å²) >= 11 is 3.41. The van der Waals surface area contributed by atoms with Gasteiger partial charge >= 0.3 is 0 Å². The topological polar surface area (TPSA) is 47.0 Å². The van der Waals surface area contributed by atoms with Gasteiger partial charge in [-0.05, 0) is 31.5 Å². The van der Waals surface area contributed by atoms with Crippen LogP contribution in [0, 0.1) is 13.8 Å². The van der Waals surface area contributed by atoms with Crippen LogP contribution in [-0.4, -0.2) is 17.0 Å². The molecule has 100 valence electrons. The summed E-state index contributed by atoms with van der Waals surface area (Å²) in [4.78, 5) is 8.64. The van der Waals surface area contributed by atoms with Crippen molar-refractivity contribution in [1.29, 1.82) is 0 Å². The van der Waals surface area contributed by atoms with Gasteiger partial charge in [-0.2, -0.15) is 4.98 Å². The van der Waals surface area contributed by atoms with Crippen LogP contribution in [0.1, 0.15) is 17.0 Å². The third-order valence-electron chi connectivity index (χ3n) is 2.74. The van der Waals surface area contributed by atoms with E-state index >= 15 is 0 Å². The van der Waals surface area contributed by atoms with E-state index in [9.17, 15) is 0 Å². The van der Waals surface area contributed by atoms with E-state index in [0.717, 1.165) is 21.4 Å². The summed E-state index contributed by atoms with van der Waals surface area (Å²) in [6.07, 6.45) is 0. The second-order valence-corrected chi connectivity index (χ2v) is 5.13. The van der Waals surface area contributed by atoms with Crippen molar-refractivity contribution >= 4 is 21.7 Å². The van der Waals surface area contributed by atoms with Gasteiger partial charge in [0.25, 0.3) is 0 Å². The van der Waals surface area contributed by atoms with Gasteiger partial charge in [-0.25, -0.2) is 4.98 Å². The molecule has 0 spiro atoms. The van der Waals surface area contributed by atoms with Gasteiger partial charge in [0.15, 0.2) is 0 Å². The average molecular weight is 322 g/mol. The summed E-state index contributed by atoms with van der Waals surface area (Å²) in [6, 6.07) is 8.03. The lowest BCUT2D eigenvalue weighted by Gasteiger charge is -2.12. The van der Waals surface area contributed by atoms with Crippen molar-refractivity contribution in [1.82, 2.24) is 9.97 Å². The zero-order valence-corrected chi connectivity index (χ0v) is 12.8. The Morgan fingerprint density at radius 1 is 1.16 bits per heavy atom. The molecule has 2 rings (SSSR count). The van der Waals surface area contributed by atoms with Crippen molar-refractivity contribution in [2.75, 3.05) is 12.4 Å². The minimum absolute atomic E-state index is 0.494. The van der Waals surface area contributed by atoms with E-state index in [1.807, 2.05) is 45.2 Å². The molecule has 0 atom stereocenters. The number of hydrogen-bond acceptors (Lipinski definition) is 4. The lowest BCUT2D eigenvalue weighted by molar-refractivity contribution is 0.290. The van der Waals surface area contributed by atoms with Gasteiger partial charge in [0, 0.05) is 11.5 Å². The lowest BCUT2D eigenvalue weighted by atomic mass is 10.2. The fraction of sp³-hybridized carbons (Fsp3) is 0.286. The molecule has 0 amide bonds. The van der Waals surface area contributed by atoms with Gasteiger partial charge in [-0.3, -0.25) is 0 Å². The minimum Gasteiger partial charge on any atom is -0.472 e. The van der Waals surface area contributed by atoms with Crippen molar-refractivity contribution in [3.8, 4) is 5.88 Å². The van der Waals surface area contributed by atoms with Gasteiger partial charge in [0.05, 0.1) is 5.56 Å². The Kier molecular flexibility index (Phi) is 4.37. The first-order valence-corrected chi connectivity index (χ1v) is 6.79. The molecule has 0 saturated carbocycles. The van der Waals surface area contributed by atoms with Gasteiger partial charge in [-0.1, -0.05) is 28.1 Å². The van der Waals surface area contributed by atoms with Gasteiger partial charge in [-0.15, -0.1) is 0 Å². The Morgan fingerprint density at radius 2 is 1.84 bits per heavy atom. The van der Waals surface area contributed by atoms with Crippen LogP contribution in [0.3, 0.4) is 0 Å². The van der Waals surface area contributed by atoms with Crippen LogP contribution in [-0.2, 0) is 6.61 Å². The number of aryl methyl sites for hydroxylation is 1. The predicted molar refractivity (Wildman–Crippen MR) is 79.5 cm³/mol. The van der Waals surface area contributed by atoms with Gasteiger partial charge in [0.2, 0.25) is 5.88 Å². The lowest BCUT2D eigenvalue weighted by Crippen LogP contribution is -2.05. The normalized spacial score (nSPS) is 10.3. The zero-order valence-electron chi connectivity index (χ0n) is 11.2. The first-order chi connectivity index (χ1) is 9.10. The molecule has 0 unspecified atom stereocenters. The standard InChI is InChI=1S/C14H16BrN3O/c1-9-13(16-3)17-10(2)18-14(9)19-8-11-4-6-12(15)7-5-11/h4-7H,8H2,1-3H3,(H,16,17,18). The van der Waals surface area contributed by atoms with E-state index in [-0.39, 0.29) is 0 Å². The SMILES string of the molecule is CNc1nc(C)nc(OCc2ccc(Br)cc2)c1C. The molecule has 1 aromatic carbocycles. The van der Waals surface area contributed by atoms with E-state index in [4.69, 9.17) is 4.74 Å². The molecular formula is C14H16BrN3O. The molecule has 1 aromatic heterocycles. The maximum Gasteiger partial charge on any atom is 0.222 e. The summed E-state index contributed by atoms with van der Waals surface area (Å²) in [7, 11) is 1.84. The fourth-order valence-electron chi connectivity index (χ4n) is 1.72. The zero-order chi connectivity index (χ0) is 13.8. The fourth-order valence-corrected chi connectivity index (χ4v) is 1.98. The predicted octanol–water partition coefficient (Wildman–Crippen LogP) is 3.48. The van der Waals surface area contributed by atoms with Crippen LogP contribution < -0.4 is 10.1 Å². The highest BCUT2D eigenvalue weighted by atomic mass is 79.9. The number of benzene rings is 1. The summed E-state index contributed by atoms with van der Waals surface area (Å²) in [6.45, 7) is 4.29. The van der Waals surface area contributed by atoms with Crippen LogP contribution in [0.25, 0.3) is 0 Å². The van der Waals surface area contributed by atoms with E-state index in [0.29, 0.717) is 18.3 Å². The maximum absolute atomic E-state index is 5.78. The second-order valence-electron chi connectivity index (χ2n) is 4.21.